The van der Waals surface area contributed by atoms with E-state index in [4.69, 9.17) is 4.74 Å². The molecule has 2 rings (SSSR count). The zero-order valence-electron chi connectivity index (χ0n) is 13.0. The standard InChI is InChI=1S/C15H15F3O3.BF2/c1-3-4-11-13(8(2)19)14(20)10-6-5-9(15(16,17)18)7-12(10)21-11;2-1-3/h5-7,11,13H,3-4H2,1-2H3;. The van der Waals surface area contributed by atoms with Gasteiger partial charge in [0.2, 0.25) is 0 Å². The van der Waals surface area contributed by atoms with Gasteiger partial charge < -0.3 is 4.74 Å². The molecule has 0 spiro atoms. The van der Waals surface area contributed by atoms with Crippen molar-refractivity contribution in [1.82, 2.24) is 0 Å². The van der Waals surface area contributed by atoms with Crippen molar-refractivity contribution in [3.05, 3.63) is 29.3 Å². The molecule has 3 nitrogen and oxygen atoms in total. The van der Waals surface area contributed by atoms with Crippen LogP contribution in [-0.4, -0.2) is 25.5 Å². The molecule has 0 saturated carbocycles. The van der Waals surface area contributed by atoms with E-state index in [0.717, 1.165) is 18.2 Å². The van der Waals surface area contributed by atoms with E-state index in [0.29, 0.717) is 12.8 Å². The van der Waals surface area contributed by atoms with Crippen LogP contribution in [0.2, 0.25) is 0 Å². The summed E-state index contributed by atoms with van der Waals surface area (Å²) in [5.41, 5.74) is -0.832. The molecule has 1 radical (unpaired) electrons. The number of carbonyl (C=O) groups excluding carboxylic acids is 2. The zero-order chi connectivity index (χ0) is 18.5. The summed E-state index contributed by atoms with van der Waals surface area (Å²) >= 11 is 0. The van der Waals surface area contributed by atoms with Crippen molar-refractivity contribution < 1.29 is 36.1 Å². The van der Waals surface area contributed by atoms with Crippen LogP contribution < -0.4 is 4.74 Å². The van der Waals surface area contributed by atoms with Crippen LogP contribution in [0.1, 0.15) is 42.6 Å². The van der Waals surface area contributed by atoms with Gasteiger partial charge in [-0.3, -0.25) is 18.2 Å². The number of rotatable bonds is 3. The smallest absolute Gasteiger partial charge is 0.488 e. The van der Waals surface area contributed by atoms with Crippen molar-refractivity contribution in [1.29, 1.82) is 0 Å². The Morgan fingerprint density at radius 2 is 1.88 bits per heavy atom. The number of fused-ring (bicyclic) bond motifs is 1. The lowest BCUT2D eigenvalue weighted by atomic mass is 9.84. The molecule has 1 aliphatic heterocycles. The first-order chi connectivity index (χ1) is 11.2. The Kier molecular flexibility index (Phi) is 6.92. The number of Topliss-reactive ketones (excluding diaryl/α,β-unsaturated/α-hetero) is 2. The van der Waals surface area contributed by atoms with E-state index in [1.165, 1.54) is 6.92 Å². The summed E-state index contributed by atoms with van der Waals surface area (Å²) in [6, 6.07) is 2.74. The van der Waals surface area contributed by atoms with Crippen molar-refractivity contribution in [2.24, 2.45) is 5.92 Å². The summed E-state index contributed by atoms with van der Waals surface area (Å²) in [6.07, 6.45) is -4.10. The summed E-state index contributed by atoms with van der Waals surface area (Å²) in [6.45, 7) is 3.15. The van der Waals surface area contributed by atoms with E-state index in [9.17, 15) is 31.4 Å². The third-order valence-electron chi connectivity index (χ3n) is 3.52. The van der Waals surface area contributed by atoms with Crippen molar-refractivity contribution in [2.75, 3.05) is 0 Å². The highest BCUT2D eigenvalue weighted by Gasteiger charge is 2.41. The van der Waals surface area contributed by atoms with Gasteiger partial charge in [-0.1, -0.05) is 13.3 Å². The van der Waals surface area contributed by atoms with Crippen molar-refractivity contribution in [3.8, 4) is 5.75 Å². The number of ketones is 2. The quantitative estimate of drug-likeness (QED) is 0.469. The van der Waals surface area contributed by atoms with Gasteiger partial charge >= 0.3 is 14.0 Å². The molecule has 0 amide bonds. The molecule has 0 aliphatic carbocycles. The van der Waals surface area contributed by atoms with E-state index < -0.39 is 37.4 Å². The summed E-state index contributed by atoms with van der Waals surface area (Å²) in [5.74, 6) is -1.82. The second kappa shape index (κ2) is 8.26. The molecule has 9 heteroatoms. The van der Waals surface area contributed by atoms with Crippen LogP contribution in [-0.2, 0) is 11.0 Å². The third kappa shape index (κ3) is 4.55. The highest BCUT2D eigenvalue weighted by Crippen LogP contribution is 2.38. The lowest BCUT2D eigenvalue weighted by Crippen LogP contribution is -2.41. The maximum Gasteiger partial charge on any atom is 0.577 e. The van der Waals surface area contributed by atoms with Crippen LogP contribution in [0.3, 0.4) is 0 Å². The van der Waals surface area contributed by atoms with E-state index >= 15 is 0 Å². The van der Waals surface area contributed by atoms with Crippen LogP contribution in [0, 0.1) is 5.92 Å². The molecular formula is C15H15BF5O3. The molecule has 0 bridgehead atoms. The zero-order valence-corrected chi connectivity index (χ0v) is 13.0. The minimum atomic E-state index is -4.50. The number of ether oxygens (including phenoxy) is 1. The maximum atomic E-state index is 12.7. The normalized spacial score (nSPS) is 19.5. The lowest BCUT2D eigenvalue weighted by molar-refractivity contribution is -0.138. The average Bonchev–Trinajstić information content (AvgIpc) is 2.46. The lowest BCUT2D eigenvalue weighted by Gasteiger charge is -2.31. The Hall–Kier alpha value is -1.93. The number of hydrogen-bond acceptors (Lipinski definition) is 3. The van der Waals surface area contributed by atoms with Gasteiger partial charge in [-0.25, -0.2) is 0 Å². The first kappa shape index (κ1) is 20.1. The van der Waals surface area contributed by atoms with Gasteiger partial charge in [0.05, 0.1) is 11.1 Å². The maximum absolute atomic E-state index is 12.7. The highest BCUT2D eigenvalue weighted by atomic mass is 19.4. The van der Waals surface area contributed by atoms with Crippen LogP contribution >= 0.6 is 0 Å². The molecule has 1 aromatic carbocycles. The van der Waals surface area contributed by atoms with Crippen LogP contribution in [0.15, 0.2) is 18.2 Å². The molecule has 0 N–H and O–H groups in total. The van der Waals surface area contributed by atoms with Gasteiger partial charge in [0.25, 0.3) is 0 Å². The van der Waals surface area contributed by atoms with Crippen molar-refractivity contribution >= 4 is 19.4 Å². The number of halogens is 5. The van der Waals surface area contributed by atoms with Crippen molar-refractivity contribution in [3.63, 3.8) is 0 Å². The minimum absolute atomic E-state index is 0.0375. The van der Waals surface area contributed by atoms with Gasteiger partial charge in [0, 0.05) is 0 Å². The van der Waals surface area contributed by atoms with Gasteiger partial charge in [-0.15, -0.1) is 0 Å². The fourth-order valence-corrected chi connectivity index (χ4v) is 2.52. The number of carbonyl (C=O) groups is 2. The Morgan fingerprint density at radius 1 is 1.29 bits per heavy atom. The SMILES string of the molecule is CCCC1Oc2cc(C(F)(F)F)ccc2C(=O)C1C(C)=O.F[B]F. The number of alkyl halides is 3. The molecule has 2 unspecified atom stereocenters. The summed E-state index contributed by atoms with van der Waals surface area (Å²) in [7, 11) is -1.00. The van der Waals surface area contributed by atoms with E-state index in [-0.39, 0.29) is 17.1 Å². The Balaban J connectivity index is 0.000000891. The predicted molar refractivity (Wildman–Crippen MR) is 77.2 cm³/mol. The molecular weight excluding hydrogens is 334 g/mol. The monoisotopic (exact) mass is 349 g/mol. The van der Waals surface area contributed by atoms with Gasteiger partial charge in [0.15, 0.2) is 5.78 Å². The van der Waals surface area contributed by atoms with Gasteiger partial charge in [-0.2, -0.15) is 13.2 Å². The van der Waals surface area contributed by atoms with Crippen LogP contribution in [0.25, 0.3) is 0 Å². The van der Waals surface area contributed by atoms with Crippen molar-refractivity contribution in [2.45, 2.75) is 39.0 Å². The molecule has 131 valence electrons. The summed E-state index contributed by atoms with van der Waals surface area (Å²) < 4.78 is 62.6. The van der Waals surface area contributed by atoms with Crippen LogP contribution in [0.5, 0.6) is 5.75 Å². The first-order valence-corrected chi connectivity index (χ1v) is 7.12. The molecule has 0 aromatic heterocycles. The van der Waals surface area contributed by atoms with E-state index in [1.807, 2.05) is 6.92 Å². The minimum Gasteiger partial charge on any atom is -0.488 e. The largest absolute Gasteiger partial charge is 0.577 e. The topological polar surface area (TPSA) is 43.4 Å². The van der Waals surface area contributed by atoms with E-state index in [1.54, 1.807) is 0 Å². The Labute approximate surface area is 136 Å². The van der Waals surface area contributed by atoms with Gasteiger partial charge in [-0.05, 0) is 31.5 Å². The highest BCUT2D eigenvalue weighted by molar-refractivity contribution is 6.15. The average molecular weight is 349 g/mol. The molecule has 1 aliphatic rings. The molecule has 1 heterocycles. The summed E-state index contributed by atoms with van der Waals surface area (Å²) in [4.78, 5) is 24.0. The van der Waals surface area contributed by atoms with Crippen LogP contribution in [0.4, 0.5) is 21.8 Å². The van der Waals surface area contributed by atoms with E-state index in [2.05, 4.69) is 0 Å². The second-order valence-electron chi connectivity index (χ2n) is 5.19. The first-order valence-electron chi connectivity index (χ1n) is 7.12. The summed E-state index contributed by atoms with van der Waals surface area (Å²) in [5, 5.41) is 0. The molecule has 2 atom stereocenters. The number of hydrogen-bond donors (Lipinski definition) is 0. The molecule has 0 fully saturated rings. The second-order valence-corrected chi connectivity index (χ2v) is 5.19. The fraction of sp³-hybridized carbons (Fsp3) is 0.467. The Morgan fingerprint density at radius 3 is 2.33 bits per heavy atom. The number of benzene rings is 1. The molecule has 1 aromatic rings. The fourth-order valence-electron chi connectivity index (χ4n) is 2.52. The Bertz CT molecular complexity index is 603. The van der Waals surface area contributed by atoms with Gasteiger partial charge in [0.1, 0.15) is 23.6 Å². The third-order valence-corrected chi connectivity index (χ3v) is 3.52. The predicted octanol–water partition coefficient (Wildman–Crippen LogP) is 4.11. The molecule has 0 saturated heterocycles. The molecule has 24 heavy (non-hydrogen) atoms.